The van der Waals surface area contributed by atoms with Crippen molar-refractivity contribution in [2.75, 3.05) is 0 Å². The van der Waals surface area contributed by atoms with Crippen molar-refractivity contribution in [1.82, 2.24) is 4.98 Å². The van der Waals surface area contributed by atoms with Crippen molar-refractivity contribution in [2.24, 2.45) is 5.92 Å². The van der Waals surface area contributed by atoms with Crippen LogP contribution in [-0.4, -0.2) is 4.98 Å². The molecule has 1 atom stereocenters. The van der Waals surface area contributed by atoms with Gasteiger partial charge in [0.1, 0.15) is 0 Å². The lowest BCUT2D eigenvalue weighted by atomic mass is 9.70. The fourth-order valence-corrected chi connectivity index (χ4v) is 4.80. The highest BCUT2D eigenvalue weighted by atomic mass is 14.7. The molecule has 0 spiro atoms. The Morgan fingerprint density at radius 2 is 1.22 bits per heavy atom. The van der Waals surface area contributed by atoms with E-state index in [1.165, 1.54) is 38.9 Å². The molecule has 3 aromatic carbocycles. The van der Waals surface area contributed by atoms with Gasteiger partial charge in [-0.1, -0.05) is 135 Å². The highest BCUT2D eigenvalue weighted by Crippen LogP contribution is 2.41. The van der Waals surface area contributed by atoms with E-state index in [1.807, 2.05) is 20.0 Å². The molecule has 1 heteroatoms. The number of hydrogen-bond donors (Lipinski definition) is 0. The SMILES string of the molecule is CC.CCC(C)C(C)(C)c1ccc(-c2ccc(-c3ccccc3)cc2)cc1-c1cc(C(C)(C)C)ccn1. The molecule has 37 heavy (non-hydrogen) atoms. The maximum Gasteiger partial charge on any atom is 0.0708 e. The van der Waals surface area contributed by atoms with E-state index in [0.29, 0.717) is 5.92 Å². The molecule has 0 bridgehead atoms. The van der Waals surface area contributed by atoms with Gasteiger partial charge in [-0.2, -0.15) is 0 Å². The van der Waals surface area contributed by atoms with Crippen molar-refractivity contribution < 1.29 is 0 Å². The number of aromatic nitrogens is 1. The van der Waals surface area contributed by atoms with E-state index >= 15 is 0 Å². The van der Waals surface area contributed by atoms with Crippen LogP contribution in [0.5, 0.6) is 0 Å². The molecule has 0 fully saturated rings. The molecule has 1 nitrogen and oxygen atoms in total. The number of hydrogen-bond acceptors (Lipinski definition) is 1. The third kappa shape index (κ3) is 6.39. The molecular weight excluding hydrogens is 446 g/mol. The first kappa shape index (κ1) is 28.4. The Morgan fingerprint density at radius 1 is 0.676 bits per heavy atom. The fourth-order valence-electron chi connectivity index (χ4n) is 4.80. The van der Waals surface area contributed by atoms with Crippen molar-refractivity contribution in [3.8, 4) is 33.5 Å². The molecule has 0 saturated heterocycles. The van der Waals surface area contributed by atoms with Gasteiger partial charge < -0.3 is 0 Å². The fraction of sp³-hybridized carbons (Fsp3) is 0.361. The first-order valence-corrected chi connectivity index (χ1v) is 13.9. The van der Waals surface area contributed by atoms with Crippen LogP contribution in [0.1, 0.15) is 79.9 Å². The van der Waals surface area contributed by atoms with E-state index in [-0.39, 0.29) is 10.8 Å². The second-order valence-corrected chi connectivity index (χ2v) is 11.4. The minimum Gasteiger partial charge on any atom is -0.256 e. The van der Waals surface area contributed by atoms with Gasteiger partial charge in [0.05, 0.1) is 5.69 Å². The van der Waals surface area contributed by atoms with E-state index in [1.54, 1.807) is 0 Å². The Hall–Kier alpha value is -3.19. The van der Waals surface area contributed by atoms with Crippen LogP contribution in [-0.2, 0) is 10.8 Å². The van der Waals surface area contributed by atoms with Gasteiger partial charge in [-0.25, -0.2) is 0 Å². The van der Waals surface area contributed by atoms with E-state index < -0.39 is 0 Å². The van der Waals surface area contributed by atoms with Gasteiger partial charge in [-0.3, -0.25) is 4.98 Å². The zero-order chi connectivity index (χ0) is 27.2. The summed E-state index contributed by atoms with van der Waals surface area (Å²) in [4.78, 5) is 4.87. The monoisotopic (exact) mass is 491 g/mol. The minimum atomic E-state index is 0.0409. The van der Waals surface area contributed by atoms with Crippen molar-refractivity contribution in [2.45, 2.75) is 79.6 Å². The first-order valence-electron chi connectivity index (χ1n) is 13.9. The molecule has 0 amide bonds. The molecule has 1 heterocycles. The molecule has 1 unspecified atom stereocenters. The molecule has 1 aromatic heterocycles. The molecule has 0 aliphatic carbocycles. The quantitative estimate of drug-likeness (QED) is 0.261. The molecule has 4 rings (SSSR count). The van der Waals surface area contributed by atoms with Gasteiger partial charge in [0.2, 0.25) is 0 Å². The summed E-state index contributed by atoms with van der Waals surface area (Å²) in [5.74, 6) is 0.558. The first-order chi connectivity index (χ1) is 17.6. The normalized spacial score (nSPS) is 12.5. The van der Waals surface area contributed by atoms with Gasteiger partial charge in [-0.15, -0.1) is 0 Å². The Bertz CT molecular complexity index is 1270. The summed E-state index contributed by atoms with van der Waals surface area (Å²) in [6.07, 6.45) is 3.11. The van der Waals surface area contributed by atoms with E-state index in [2.05, 4.69) is 133 Å². The van der Waals surface area contributed by atoms with E-state index in [0.717, 1.165) is 12.1 Å². The summed E-state index contributed by atoms with van der Waals surface area (Å²) in [5, 5.41) is 0. The summed E-state index contributed by atoms with van der Waals surface area (Å²) in [7, 11) is 0. The maximum absolute atomic E-state index is 4.87. The topological polar surface area (TPSA) is 12.9 Å². The van der Waals surface area contributed by atoms with Crippen molar-refractivity contribution in [3.05, 3.63) is 102 Å². The van der Waals surface area contributed by atoms with Crippen LogP contribution < -0.4 is 0 Å². The zero-order valence-corrected chi connectivity index (χ0v) is 24.4. The van der Waals surface area contributed by atoms with Crippen molar-refractivity contribution >= 4 is 0 Å². The predicted octanol–water partition coefficient (Wildman–Crippen LogP) is 10.7. The van der Waals surface area contributed by atoms with Gasteiger partial charge >= 0.3 is 0 Å². The van der Waals surface area contributed by atoms with E-state index in [4.69, 9.17) is 4.98 Å². The Labute approximate surface area is 226 Å². The predicted molar refractivity (Wildman–Crippen MR) is 163 cm³/mol. The van der Waals surface area contributed by atoms with Crippen LogP contribution in [0.15, 0.2) is 91.1 Å². The summed E-state index contributed by atoms with van der Waals surface area (Å²) < 4.78 is 0. The third-order valence-corrected chi connectivity index (χ3v) is 7.79. The van der Waals surface area contributed by atoms with Gasteiger partial charge in [0.25, 0.3) is 0 Å². The number of nitrogens with zero attached hydrogens (tertiary/aromatic N) is 1. The van der Waals surface area contributed by atoms with Gasteiger partial charge in [0, 0.05) is 11.8 Å². The molecule has 194 valence electrons. The largest absolute Gasteiger partial charge is 0.256 e. The van der Waals surface area contributed by atoms with Crippen LogP contribution in [0.25, 0.3) is 33.5 Å². The van der Waals surface area contributed by atoms with Crippen molar-refractivity contribution in [3.63, 3.8) is 0 Å². The van der Waals surface area contributed by atoms with Crippen molar-refractivity contribution in [1.29, 1.82) is 0 Å². The van der Waals surface area contributed by atoms with Crippen LogP contribution in [0.2, 0.25) is 0 Å². The lowest BCUT2D eigenvalue weighted by Gasteiger charge is -2.34. The maximum atomic E-state index is 4.87. The van der Waals surface area contributed by atoms with Gasteiger partial charge in [0.15, 0.2) is 0 Å². The van der Waals surface area contributed by atoms with Crippen LogP contribution >= 0.6 is 0 Å². The molecule has 0 radical (unpaired) electrons. The number of pyridine rings is 1. The number of rotatable bonds is 6. The summed E-state index contributed by atoms with van der Waals surface area (Å²) in [6.45, 7) is 20.2. The standard InChI is InChI=1S/C34H39N.C2H6/c1-8-24(2)34(6,7)31-19-18-28(22-30(31)32-23-29(20-21-35-32)33(3,4)5)27-16-14-26(15-17-27)25-12-10-9-11-13-25;1-2/h9-24H,8H2,1-7H3;1-2H3. The summed E-state index contributed by atoms with van der Waals surface area (Å²) in [5.41, 5.74) is 10.0. The molecular formula is C36H45N. The number of benzene rings is 3. The average molecular weight is 492 g/mol. The Kier molecular flexibility index (Phi) is 9.13. The third-order valence-electron chi connectivity index (χ3n) is 7.79. The summed E-state index contributed by atoms with van der Waals surface area (Å²) in [6, 6.07) is 30.9. The molecule has 0 N–H and O–H groups in total. The van der Waals surface area contributed by atoms with Crippen LogP contribution in [0, 0.1) is 5.92 Å². The van der Waals surface area contributed by atoms with Gasteiger partial charge in [-0.05, 0) is 68.3 Å². The lowest BCUT2D eigenvalue weighted by Crippen LogP contribution is -2.27. The molecule has 4 aromatic rings. The average Bonchev–Trinajstić information content (AvgIpc) is 2.93. The minimum absolute atomic E-state index is 0.0409. The highest BCUT2D eigenvalue weighted by Gasteiger charge is 2.30. The Balaban J connectivity index is 0.00000186. The molecule has 0 saturated carbocycles. The smallest absolute Gasteiger partial charge is 0.0708 e. The summed E-state index contributed by atoms with van der Waals surface area (Å²) >= 11 is 0. The zero-order valence-electron chi connectivity index (χ0n) is 24.4. The lowest BCUT2D eigenvalue weighted by molar-refractivity contribution is 0.335. The van der Waals surface area contributed by atoms with Crippen LogP contribution in [0.4, 0.5) is 0 Å². The second-order valence-electron chi connectivity index (χ2n) is 11.4. The van der Waals surface area contributed by atoms with Crippen LogP contribution in [0.3, 0.4) is 0 Å². The van der Waals surface area contributed by atoms with E-state index in [9.17, 15) is 0 Å². The Morgan fingerprint density at radius 3 is 1.78 bits per heavy atom. The highest BCUT2D eigenvalue weighted by molar-refractivity contribution is 5.77. The molecule has 0 aliphatic rings. The molecule has 0 aliphatic heterocycles. The second kappa shape index (κ2) is 11.9.